The van der Waals surface area contributed by atoms with Crippen LogP contribution in [0, 0.1) is 6.92 Å². The number of benzene rings is 2. The van der Waals surface area contributed by atoms with Crippen LogP contribution in [0.5, 0.6) is 0 Å². The summed E-state index contributed by atoms with van der Waals surface area (Å²) in [5.74, 6) is 0.585. The molecule has 1 N–H and O–H groups in total. The minimum atomic E-state index is -0.916. The van der Waals surface area contributed by atoms with Gasteiger partial charge in [-0.2, -0.15) is 4.98 Å². The highest BCUT2D eigenvalue weighted by molar-refractivity contribution is 5.93. The number of carboxylic acid groups (broad SMARTS) is 1. The SMILES string of the molecule is Cc1nc(-c2ccc3oc(-c4ccccc4)c(CC(=O)O)c3c2)no1. The minimum absolute atomic E-state index is 0.133. The molecule has 2 heterocycles. The van der Waals surface area contributed by atoms with Gasteiger partial charge in [-0.05, 0) is 18.2 Å². The van der Waals surface area contributed by atoms with E-state index in [9.17, 15) is 9.90 Å². The molecule has 124 valence electrons. The second-order valence-electron chi connectivity index (χ2n) is 5.69. The van der Waals surface area contributed by atoms with E-state index in [-0.39, 0.29) is 6.42 Å². The molecule has 0 saturated carbocycles. The quantitative estimate of drug-likeness (QED) is 0.605. The van der Waals surface area contributed by atoms with Crippen molar-refractivity contribution >= 4 is 16.9 Å². The first-order valence-electron chi connectivity index (χ1n) is 7.75. The van der Waals surface area contributed by atoms with Gasteiger partial charge in [0, 0.05) is 29.0 Å². The summed E-state index contributed by atoms with van der Waals surface area (Å²) in [5.41, 5.74) is 2.85. The first-order chi connectivity index (χ1) is 12.1. The zero-order chi connectivity index (χ0) is 17.4. The number of nitrogens with zero attached hydrogens (tertiary/aromatic N) is 2. The van der Waals surface area contributed by atoms with Crippen LogP contribution in [0.25, 0.3) is 33.7 Å². The molecule has 0 spiro atoms. The van der Waals surface area contributed by atoms with Crippen molar-refractivity contribution in [1.29, 1.82) is 0 Å². The van der Waals surface area contributed by atoms with Gasteiger partial charge in [0.2, 0.25) is 11.7 Å². The van der Waals surface area contributed by atoms with Gasteiger partial charge in [-0.15, -0.1) is 0 Å². The van der Waals surface area contributed by atoms with Gasteiger partial charge >= 0.3 is 5.97 Å². The third-order valence-electron chi connectivity index (χ3n) is 3.94. The largest absolute Gasteiger partial charge is 0.481 e. The Morgan fingerprint density at radius 2 is 1.92 bits per heavy atom. The summed E-state index contributed by atoms with van der Waals surface area (Å²) in [4.78, 5) is 15.6. The van der Waals surface area contributed by atoms with E-state index in [1.165, 1.54) is 0 Å². The van der Waals surface area contributed by atoms with Gasteiger partial charge in [0.1, 0.15) is 11.3 Å². The molecule has 0 fully saturated rings. The summed E-state index contributed by atoms with van der Waals surface area (Å²) in [6, 6.07) is 14.9. The van der Waals surface area contributed by atoms with Gasteiger partial charge in [-0.3, -0.25) is 4.79 Å². The molecule has 2 aromatic carbocycles. The molecule has 0 amide bonds. The van der Waals surface area contributed by atoms with Crippen LogP contribution in [0.15, 0.2) is 57.5 Å². The fourth-order valence-corrected chi connectivity index (χ4v) is 2.85. The van der Waals surface area contributed by atoms with Gasteiger partial charge < -0.3 is 14.0 Å². The normalized spacial score (nSPS) is 11.1. The van der Waals surface area contributed by atoms with E-state index in [1.807, 2.05) is 42.5 Å². The monoisotopic (exact) mass is 334 g/mol. The maximum atomic E-state index is 11.4. The average Bonchev–Trinajstić information content (AvgIpc) is 3.19. The van der Waals surface area contributed by atoms with Crippen LogP contribution >= 0.6 is 0 Å². The number of furan rings is 1. The Labute approximate surface area is 142 Å². The summed E-state index contributed by atoms with van der Waals surface area (Å²) in [5, 5.41) is 14.0. The molecule has 6 nitrogen and oxygen atoms in total. The lowest BCUT2D eigenvalue weighted by molar-refractivity contribution is -0.136. The Morgan fingerprint density at radius 1 is 1.12 bits per heavy atom. The average molecular weight is 334 g/mol. The molecule has 25 heavy (non-hydrogen) atoms. The first kappa shape index (κ1) is 15.1. The second kappa shape index (κ2) is 5.90. The van der Waals surface area contributed by atoms with Crippen LogP contribution in [-0.4, -0.2) is 21.2 Å². The lowest BCUT2D eigenvalue weighted by atomic mass is 10.0. The van der Waals surface area contributed by atoms with Gasteiger partial charge in [0.25, 0.3) is 0 Å². The fourth-order valence-electron chi connectivity index (χ4n) is 2.85. The lowest BCUT2D eigenvalue weighted by Gasteiger charge is -2.01. The minimum Gasteiger partial charge on any atom is -0.481 e. The van der Waals surface area contributed by atoms with E-state index < -0.39 is 5.97 Å². The van der Waals surface area contributed by atoms with Crippen molar-refractivity contribution in [3.63, 3.8) is 0 Å². The zero-order valence-corrected chi connectivity index (χ0v) is 13.4. The van der Waals surface area contributed by atoms with Crippen molar-refractivity contribution < 1.29 is 18.8 Å². The maximum absolute atomic E-state index is 11.4. The number of aromatic nitrogens is 2. The summed E-state index contributed by atoms with van der Waals surface area (Å²) in [6.07, 6.45) is -0.133. The third-order valence-corrected chi connectivity index (χ3v) is 3.94. The van der Waals surface area contributed by atoms with Crippen LogP contribution in [0.4, 0.5) is 0 Å². The number of aryl methyl sites for hydroxylation is 1. The molecule has 0 atom stereocenters. The zero-order valence-electron chi connectivity index (χ0n) is 13.4. The Balaban J connectivity index is 1.93. The topological polar surface area (TPSA) is 89.4 Å². The Kier molecular flexibility index (Phi) is 3.57. The van der Waals surface area contributed by atoms with Gasteiger partial charge in [-0.25, -0.2) is 0 Å². The number of hydrogen-bond acceptors (Lipinski definition) is 5. The number of fused-ring (bicyclic) bond motifs is 1. The molecule has 6 heteroatoms. The maximum Gasteiger partial charge on any atom is 0.307 e. The number of rotatable bonds is 4. The molecule has 4 rings (SSSR count). The molecule has 0 aliphatic rings. The van der Waals surface area contributed by atoms with Crippen molar-refractivity contribution in [2.24, 2.45) is 0 Å². The van der Waals surface area contributed by atoms with Gasteiger partial charge in [0.15, 0.2) is 0 Å². The molecule has 2 aromatic heterocycles. The van der Waals surface area contributed by atoms with E-state index in [4.69, 9.17) is 8.94 Å². The third kappa shape index (κ3) is 2.78. The van der Waals surface area contributed by atoms with Crippen LogP contribution in [0.1, 0.15) is 11.5 Å². The summed E-state index contributed by atoms with van der Waals surface area (Å²) >= 11 is 0. The molecular weight excluding hydrogens is 320 g/mol. The number of aliphatic carboxylic acids is 1. The Hall–Kier alpha value is -3.41. The summed E-state index contributed by atoms with van der Waals surface area (Å²) in [7, 11) is 0. The predicted octanol–water partition coefficient (Wildman–Crippen LogP) is 4.09. The molecule has 0 radical (unpaired) electrons. The van der Waals surface area contributed by atoms with Crippen LogP contribution in [-0.2, 0) is 11.2 Å². The van der Waals surface area contributed by atoms with Crippen LogP contribution in [0.3, 0.4) is 0 Å². The number of carbonyl (C=O) groups is 1. The molecule has 0 saturated heterocycles. The molecule has 0 unspecified atom stereocenters. The van der Waals surface area contributed by atoms with Crippen molar-refractivity contribution in [2.75, 3.05) is 0 Å². The van der Waals surface area contributed by atoms with Crippen molar-refractivity contribution in [2.45, 2.75) is 13.3 Å². The number of carboxylic acids is 1. The van der Waals surface area contributed by atoms with E-state index in [0.717, 1.165) is 16.5 Å². The molecular formula is C19H14N2O4. The summed E-state index contributed by atoms with van der Waals surface area (Å²) in [6.45, 7) is 1.72. The van der Waals surface area contributed by atoms with E-state index in [2.05, 4.69) is 10.1 Å². The van der Waals surface area contributed by atoms with E-state index in [0.29, 0.717) is 28.6 Å². The highest BCUT2D eigenvalue weighted by atomic mass is 16.5. The van der Waals surface area contributed by atoms with Gasteiger partial charge in [0.05, 0.1) is 6.42 Å². The molecule has 0 aliphatic heterocycles. The van der Waals surface area contributed by atoms with Crippen LogP contribution < -0.4 is 0 Å². The molecule has 0 bridgehead atoms. The number of hydrogen-bond donors (Lipinski definition) is 1. The standard InChI is InChI=1S/C19H14N2O4/c1-11-20-19(21-25-11)13-7-8-16-14(9-13)15(10-17(22)23)18(24-16)12-5-3-2-4-6-12/h2-9H,10H2,1H3,(H,22,23). The Bertz CT molecular complexity index is 1060. The van der Waals surface area contributed by atoms with Crippen molar-refractivity contribution in [1.82, 2.24) is 10.1 Å². The lowest BCUT2D eigenvalue weighted by Crippen LogP contribution is -2.00. The highest BCUT2D eigenvalue weighted by Crippen LogP contribution is 2.35. The summed E-state index contributed by atoms with van der Waals surface area (Å²) < 4.78 is 11.0. The van der Waals surface area contributed by atoms with E-state index >= 15 is 0 Å². The van der Waals surface area contributed by atoms with E-state index in [1.54, 1.807) is 13.0 Å². The van der Waals surface area contributed by atoms with Crippen LogP contribution in [0.2, 0.25) is 0 Å². The van der Waals surface area contributed by atoms with Crippen molar-refractivity contribution in [3.8, 4) is 22.7 Å². The smallest absolute Gasteiger partial charge is 0.307 e. The predicted molar refractivity (Wildman–Crippen MR) is 91.0 cm³/mol. The first-order valence-corrected chi connectivity index (χ1v) is 7.75. The fraction of sp³-hybridized carbons (Fsp3) is 0.105. The second-order valence-corrected chi connectivity index (χ2v) is 5.69. The highest BCUT2D eigenvalue weighted by Gasteiger charge is 2.19. The molecule has 4 aromatic rings. The van der Waals surface area contributed by atoms with Gasteiger partial charge in [-0.1, -0.05) is 35.5 Å². The molecule has 0 aliphatic carbocycles. The Morgan fingerprint density at radius 3 is 2.60 bits per heavy atom. The van der Waals surface area contributed by atoms with Crippen molar-refractivity contribution in [3.05, 3.63) is 60.0 Å².